The molecule has 1 aromatic carbocycles. The Morgan fingerprint density at radius 3 is 2.70 bits per heavy atom. The number of benzene rings is 1. The molecule has 0 aromatic heterocycles. The first-order valence-corrected chi connectivity index (χ1v) is 10.3. The quantitative estimate of drug-likeness (QED) is 0.321. The average molecular weight is 474 g/mol. The number of methoxy groups -OCH3 is 1. The van der Waals surface area contributed by atoms with Crippen molar-refractivity contribution < 1.29 is 23.8 Å². The molecule has 1 saturated heterocycles. The molecule has 0 N–H and O–H groups in total. The number of carbonyl (C=O) groups excluding carboxylic acids is 2. The number of hydrogen-bond acceptors (Lipinski definition) is 7. The molecule has 2 rings (SSSR count). The van der Waals surface area contributed by atoms with Gasteiger partial charge >= 0.3 is 5.97 Å². The summed E-state index contributed by atoms with van der Waals surface area (Å²) in [5, 5.41) is 0. The molecule has 146 valence electrons. The lowest BCUT2D eigenvalue weighted by molar-refractivity contribution is -0.143. The zero-order valence-corrected chi connectivity index (χ0v) is 18.5. The Hall–Kier alpha value is -1.58. The first kappa shape index (κ1) is 21.7. The standard InChI is InChI=1S/C18H20BrNO5S2/c1-4-24-15(21)6-7-20-17(22)14(27-18(20)26)10-11-8-12(19)16(25-5-2)13(9-11)23-3/h8-10H,4-7H2,1-3H3/b14-10-. The van der Waals surface area contributed by atoms with Crippen LogP contribution in [0.3, 0.4) is 0 Å². The van der Waals surface area contributed by atoms with Crippen molar-refractivity contribution in [2.24, 2.45) is 0 Å². The van der Waals surface area contributed by atoms with Crippen LogP contribution in [0.1, 0.15) is 25.8 Å². The fourth-order valence-electron chi connectivity index (χ4n) is 2.39. The first-order valence-electron chi connectivity index (χ1n) is 8.32. The van der Waals surface area contributed by atoms with Gasteiger partial charge in [-0.05, 0) is 53.5 Å². The van der Waals surface area contributed by atoms with Crippen molar-refractivity contribution in [2.75, 3.05) is 26.9 Å². The Labute approximate surface area is 176 Å². The monoisotopic (exact) mass is 473 g/mol. The summed E-state index contributed by atoms with van der Waals surface area (Å²) < 4.78 is 17.0. The number of thioether (sulfide) groups is 1. The van der Waals surface area contributed by atoms with Gasteiger partial charge in [0.2, 0.25) is 0 Å². The Morgan fingerprint density at radius 1 is 1.33 bits per heavy atom. The highest BCUT2D eigenvalue weighted by Gasteiger charge is 2.32. The number of esters is 1. The molecule has 1 amide bonds. The van der Waals surface area contributed by atoms with Crippen LogP contribution >= 0.6 is 39.9 Å². The van der Waals surface area contributed by atoms with Crippen molar-refractivity contribution in [2.45, 2.75) is 20.3 Å². The maximum Gasteiger partial charge on any atom is 0.307 e. The molecule has 1 aliphatic heterocycles. The topological polar surface area (TPSA) is 65.1 Å². The summed E-state index contributed by atoms with van der Waals surface area (Å²) in [6.07, 6.45) is 1.85. The molecule has 1 heterocycles. The predicted molar refractivity (Wildman–Crippen MR) is 113 cm³/mol. The van der Waals surface area contributed by atoms with Gasteiger partial charge in [-0.2, -0.15) is 0 Å². The normalized spacial score (nSPS) is 15.4. The highest BCUT2D eigenvalue weighted by atomic mass is 79.9. The molecule has 0 atom stereocenters. The second-order valence-corrected chi connectivity index (χ2v) is 7.89. The van der Waals surface area contributed by atoms with Crippen molar-refractivity contribution in [3.8, 4) is 11.5 Å². The summed E-state index contributed by atoms with van der Waals surface area (Å²) in [6.45, 7) is 4.65. The molecule has 0 saturated carbocycles. The lowest BCUT2D eigenvalue weighted by Crippen LogP contribution is -2.30. The molecular formula is C18H20BrNO5S2. The second kappa shape index (κ2) is 10.1. The zero-order valence-electron chi connectivity index (χ0n) is 15.2. The van der Waals surface area contributed by atoms with E-state index in [1.165, 1.54) is 16.7 Å². The Kier molecular flexibility index (Phi) is 8.12. The lowest BCUT2D eigenvalue weighted by atomic mass is 10.2. The highest BCUT2D eigenvalue weighted by molar-refractivity contribution is 9.10. The molecule has 27 heavy (non-hydrogen) atoms. The minimum atomic E-state index is -0.351. The molecule has 0 bridgehead atoms. The number of hydrogen-bond donors (Lipinski definition) is 0. The van der Waals surface area contributed by atoms with E-state index < -0.39 is 0 Å². The van der Waals surface area contributed by atoms with E-state index in [4.69, 9.17) is 26.4 Å². The highest BCUT2D eigenvalue weighted by Crippen LogP contribution is 2.39. The van der Waals surface area contributed by atoms with Crippen LogP contribution < -0.4 is 9.47 Å². The van der Waals surface area contributed by atoms with E-state index in [-0.39, 0.29) is 24.8 Å². The summed E-state index contributed by atoms with van der Waals surface area (Å²) in [7, 11) is 1.56. The van der Waals surface area contributed by atoms with Crippen molar-refractivity contribution in [3.63, 3.8) is 0 Å². The van der Waals surface area contributed by atoms with E-state index in [0.717, 1.165) is 10.0 Å². The summed E-state index contributed by atoms with van der Waals surface area (Å²) in [6, 6.07) is 3.64. The van der Waals surface area contributed by atoms with Gasteiger partial charge in [0.05, 0.1) is 36.1 Å². The number of halogens is 1. The SMILES string of the molecule is CCOC(=O)CCN1C(=O)/C(=C/c2cc(Br)c(OCC)c(OC)c2)SC1=S. The van der Waals surface area contributed by atoms with Gasteiger partial charge in [-0.15, -0.1) is 0 Å². The predicted octanol–water partition coefficient (Wildman–Crippen LogP) is 4.01. The Morgan fingerprint density at radius 2 is 2.07 bits per heavy atom. The van der Waals surface area contributed by atoms with Crippen molar-refractivity contribution in [3.05, 3.63) is 27.1 Å². The molecule has 9 heteroatoms. The van der Waals surface area contributed by atoms with Crippen LogP contribution in [-0.4, -0.2) is 48.0 Å². The third-order valence-corrected chi connectivity index (χ3v) is 5.52. The summed E-state index contributed by atoms with van der Waals surface area (Å²) >= 11 is 9.95. The average Bonchev–Trinajstić information content (AvgIpc) is 2.89. The van der Waals surface area contributed by atoms with E-state index in [1.54, 1.807) is 26.2 Å². The van der Waals surface area contributed by atoms with E-state index in [1.807, 2.05) is 13.0 Å². The van der Waals surface area contributed by atoms with Gasteiger partial charge in [-0.1, -0.05) is 24.0 Å². The number of amides is 1. The summed E-state index contributed by atoms with van der Waals surface area (Å²) in [4.78, 5) is 26.1. The first-order chi connectivity index (χ1) is 12.9. The van der Waals surface area contributed by atoms with Crippen LogP contribution in [0.5, 0.6) is 11.5 Å². The van der Waals surface area contributed by atoms with Gasteiger partial charge in [0, 0.05) is 6.54 Å². The minimum Gasteiger partial charge on any atom is -0.493 e. The second-order valence-electron chi connectivity index (χ2n) is 5.36. The van der Waals surface area contributed by atoms with Crippen LogP contribution in [0.4, 0.5) is 0 Å². The molecule has 6 nitrogen and oxygen atoms in total. The van der Waals surface area contributed by atoms with E-state index >= 15 is 0 Å². The summed E-state index contributed by atoms with van der Waals surface area (Å²) in [5.41, 5.74) is 0.771. The van der Waals surface area contributed by atoms with Crippen LogP contribution in [0, 0.1) is 0 Å². The van der Waals surface area contributed by atoms with Gasteiger partial charge in [0.25, 0.3) is 5.91 Å². The zero-order chi connectivity index (χ0) is 20.0. The fourth-order valence-corrected chi connectivity index (χ4v) is 4.27. The number of rotatable bonds is 8. The maximum absolute atomic E-state index is 12.6. The van der Waals surface area contributed by atoms with Crippen LogP contribution in [0.25, 0.3) is 6.08 Å². The van der Waals surface area contributed by atoms with E-state index in [2.05, 4.69) is 15.9 Å². The van der Waals surface area contributed by atoms with E-state index in [0.29, 0.717) is 33.9 Å². The Balaban J connectivity index is 2.20. The lowest BCUT2D eigenvalue weighted by Gasteiger charge is -2.13. The van der Waals surface area contributed by atoms with Gasteiger partial charge in [0.1, 0.15) is 4.32 Å². The number of thiocarbonyl (C=S) groups is 1. The van der Waals surface area contributed by atoms with Gasteiger partial charge in [0.15, 0.2) is 11.5 Å². The number of ether oxygens (including phenoxy) is 3. The summed E-state index contributed by atoms with van der Waals surface area (Å²) in [5.74, 6) is 0.600. The van der Waals surface area contributed by atoms with Crippen LogP contribution in [0.2, 0.25) is 0 Å². The molecule has 1 aliphatic rings. The van der Waals surface area contributed by atoms with Crippen molar-refractivity contribution in [1.29, 1.82) is 0 Å². The van der Waals surface area contributed by atoms with Gasteiger partial charge < -0.3 is 14.2 Å². The molecule has 1 fully saturated rings. The molecule has 0 spiro atoms. The van der Waals surface area contributed by atoms with Gasteiger partial charge in [-0.3, -0.25) is 14.5 Å². The fraction of sp³-hybridized carbons (Fsp3) is 0.389. The van der Waals surface area contributed by atoms with Crippen molar-refractivity contribution >= 4 is 62.2 Å². The van der Waals surface area contributed by atoms with Crippen molar-refractivity contribution in [1.82, 2.24) is 4.90 Å². The molecule has 0 radical (unpaired) electrons. The van der Waals surface area contributed by atoms with E-state index in [9.17, 15) is 9.59 Å². The van der Waals surface area contributed by atoms with Crippen LogP contribution in [0.15, 0.2) is 21.5 Å². The Bertz CT molecular complexity index is 781. The minimum absolute atomic E-state index is 0.107. The third kappa shape index (κ3) is 5.46. The number of carbonyl (C=O) groups is 2. The van der Waals surface area contributed by atoms with Crippen LogP contribution in [-0.2, 0) is 14.3 Å². The maximum atomic E-state index is 12.6. The molecule has 0 unspecified atom stereocenters. The largest absolute Gasteiger partial charge is 0.493 e. The van der Waals surface area contributed by atoms with Gasteiger partial charge in [-0.25, -0.2) is 0 Å². The smallest absolute Gasteiger partial charge is 0.307 e. The number of nitrogens with zero attached hydrogens (tertiary/aromatic N) is 1. The molecule has 1 aromatic rings. The molecule has 0 aliphatic carbocycles. The third-order valence-electron chi connectivity index (χ3n) is 3.56. The molecular weight excluding hydrogens is 454 g/mol.